The van der Waals surface area contributed by atoms with Crippen molar-refractivity contribution in [1.29, 1.82) is 0 Å². The second kappa shape index (κ2) is 8.44. The zero-order valence-corrected chi connectivity index (χ0v) is 22.2. The van der Waals surface area contributed by atoms with Crippen molar-refractivity contribution in [3.63, 3.8) is 0 Å². The van der Waals surface area contributed by atoms with Crippen molar-refractivity contribution in [2.24, 2.45) is 5.92 Å². The molecule has 1 amide bonds. The van der Waals surface area contributed by atoms with Gasteiger partial charge in [-0.3, -0.25) is 4.79 Å². The van der Waals surface area contributed by atoms with Crippen LogP contribution in [-0.2, 0) is 15.4 Å². The zero-order valence-electron chi connectivity index (χ0n) is 19.2. The molecule has 3 N–H and O–H groups in total. The number of nitrogens with one attached hydrogen (secondary N) is 1. The quantitative estimate of drug-likeness (QED) is 0.538. The minimum Gasteiger partial charge on any atom is -0.384 e. The summed E-state index contributed by atoms with van der Waals surface area (Å²) >= 11 is 2.15. The number of amides is 1. The molecule has 0 bridgehead atoms. The lowest BCUT2D eigenvalue weighted by atomic mass is 9.89. The number of nitrogens with two attached hydrogens (primary N) is 1. The topological polar surface area (TPSA) is 118 Å². The Morgan fingerprint density at radius 3 is 2.47 bits per heavy atom. The van der Waals surface area contributed by atoms with Crippen LogP contribution in [-0.4, -0.2) is 36.4 Å². The van der Waals surface area contributed by atoms with Crippen LogP contribution in [0.1, 0.15) is 64.0 Å². The van der Waals surface area contributed by atoms with E-state index in [1.54, 1.807) is 6.07 Å². The molecule has 174 valence electrons. The van der Waals surface area contributed by atoms with Crippen molar-refractivity contribution >= 4 is 50.2 Å². The Labute approximate surface area is 203 Å². The summed E-state index contributed by atoms with van der Waals surface area (Å²) in [7, 11) is -4.20. The van der Waals surface area contributed by atoms with E-state index in [4.69, 9.17) is 10.7 Å². The molecule has 1 unspecified atom stereocenters. The maximum Gasteiger partial charge on any atom is 0.281 e. The molecule has 0 aromatic carbocycles. The van der Waals surface area contributed by atoms with Gasteiger partial charge in [0.1, 0.15) is 11.6 Å². The Balaban J connectivity index is 2.11. The normalized spacial score (nSPS) is 18.6. The first-order valence-electron chi connectivity index (χ1n) is 10.4. The van der Waals surface area contributed by atoms with Gasteiger partial charge in [-0.2, -0.15) is 8.42 Å². The number of anilines is 2. The van der Waals surface area contributed by atoms with E-state index in [1.807, 2.05) is 0 Å². The molecule has 32 heavy (non-hydrogen) atoms. The number of hydrogen-bond donors (Lipinski definition) is 2. The van der Waals surface area contributed by atoms with Crippen LogP contribution in [0.5, 0.6) is 0 Å². The molecule has 1 saturated heterocycles. The van der Waals surface area contributed by atoms with Gasteiger partial charge in [-0.1, -0.05) is 33.8 Å². The number of pyridine rings is 2. The molecule has 0 radical (unpaired) electrons. The molecule has 0 aliphatic carbocycles. The molecule has 2 aromatic rings. The lowest BCUT2D eigenvalue weighted by Crippen LogP contribution is -2.44. The molecule has 1 aliphatic rings. The van der Waals surface area contributed by atoms with Crippen LogP contribution >= 0.6 is 22.6 Å². The third kappa shape index (κ3) is 4.70. The van der Waals surface area contributed by atoms with Crippen molar-refractivity contribution in [2.75, 3.05) is 17.2 Å². The van der Waals surface area contributed by atoms with Crippen molar-refractivity contribution in [2.45, 2.75) is 63.9 Å². The molecular formula is C22H30IN5O3S. The lowest BCUT2D eigenvalue weighted by Gasteiger charge is -2.37. The average molecular weight is 571 g/mol. The smallest absolute Gasteiger partial charge is 0.281 e. The van der Waals surface area contributed by atoms with Crippen LogP contribution in [0.3, 0.4) is 0 Å². The number of sulfonamides is 1. The summed E-state index contributed by atoms with van der Waals surface area (Å²) in [6, 6.07) is 5.97. The van der Waals surface area contributed by atoms with E-state index in [-0.39, 0.29) is 27.4 Å². The highest BCUT2D eigenvalue weighted by atomic mass is 127. The van der Waals surface area contributed by atoms with Gasteiger partial charge in [0, 0.05) is 21.1 Å². The number of carbonyl (C=O) groups excluding carboxylic acids is 1. The van der Waals surface area contributed by atoms with Crippen LogP contribution in [0, 0.1) is 9.49 Å². The Kier molecular flexibility index (Phi) is 6.51. The largest absolute Gasteiger partial charge is 0.384 e. The zero-order chi connectivity index (χ0) is 24.1. The molecule has 1 aliphatic heterocycles. The van der Waals surface area contributed by atoms with Crippen LogP contribution in [0.15, 0.2) is 29.3 Å². The van der Waals surface area contributed by atoms with E-state index in [0.717, 1.165) is 22.2 Å². The molecule has 8 nitrogen and oxygen atoms in total. The van der Waals surface area contributed by atoms with E-state index in [9.17, 15) is 13.2 Å². The molecule has 0 saturated carbocycles. The van der Waals surface area contributed by atoms with Crippen LogP contribution < -0.4 is 15.4 Å². The summed E-state index contributed by atoms with van der Waals surface area (Å²) in [6.45, 7) is 13.3. The van der Waals surface area contributed by atoms with Crippen molar-refractivity contribution in [3.8, 4) is 0 Å². The molecular weight excluding hydrogens is 541 g/mol. The summed E-state index contributed by atoms with van der Waals surface area (Å²) in [6.07, 6.45) is 0.956. The Bertz CT molecular complexity index is 1160. The van der Waals surface area contributed by atoms with E-state index in [2.05, 4.69) is 78.7 Å². The summed E-state index contributed by atoms with van der Waals surface area (Å²) in [5.41, 5.74) is 6.22. The Morgan fingerprint density at radius 1 is 1.28 bits per heavy atom. The highest BCUT2D eigenvalue weighted by Gasteiger charge is 2.41. The molecule has 2 aromatic heterocycles. The lowest BCUT2D eigenvalue weighted by molar-refractivity contribution is 0.0981. The van der Waals surface area contributed by atoms with Crippen molar-refractivity contribution in [1.82, 2.24) is 14.7 Å². The van der Waals surface area contributed by atoms with E-state index in [1.165, 1.54) is 18.2 Å². The predicted molar refractivity (Wildman–Crippen MR) is 134 cm³/mol. The fraction of sp³-hybridized carbons (Fsp3) is 0.500. The predicted octanol–water partition coefficient (Wildman–Crippen LogP) is 3.70. The average Bonchev–Trinajstić information content (AvgIpc) is 2.93. The van der Waals surface area contributed by atoms with Crippen molar-refractivity contribution in [3.05, 3.63) is 39.1 Å². The first-order valence-corrected chi connectivity index (χ1v) is 13.0. The van der Waals surface area contributed by atoms with E-state index >= 15 is 0 Å². The summed E-state index contributed by atoms with van der Waals surface area (Å²) in [5, 5.41) is -0.309. The number of nitrogens with zero attached hydrogens (tertiary/aromatic N) is 3. The SMILES string of the molecule is CC1CCN(c2nc(C(C)(C)C)c(I)cc2C(=O)NS(=O)(=O)c2cccc(N)n2)C1(C)C. The molecule has 1 atom stereocenters. The van der Waals surface area contributed by atoms with E-state index in [0.29, 0.717) is 11.7 Å². The van der Waals surface area contributed by atoms with Gasteiger partial charge in [0.15, 0.2) is 5.03 Å². The van der Waals surface area contributed by atoms with E-state index < -0.39 is 15.9 Å². The summed E-state index contributed by atoms with van der Waals surface area (Å²) < 4.78 is 28.6. The first kappa shape index (κ1) is 24.7. The Morgan fingerprint density at radius 2 is 1.94 bits per heavy atom. The number of halogens is 1. The summed E-state index contributed by atoms with van der Waals surface area (Å²) in [5.74, 6) is 0.195. The van der Waals surface area contributed by atoms with Gasteiger partial charge in [0.2, 0.25) is 0 Å². The minimum absolute atomic E-state index is 0.0552. The molecule has 1 fully saturated rings. The highest BCUT2D eigenvalue weighted by molar-refractivity contribution is 14.1. The van der Waals surface area contributed by atoms with Crippen LogP contribution in [0.2, 0.25) is 0 Å². The third-order valence-electron chi connectivity index (χ3n) is 6.10. The fourth-order valence-corrected chi connectivity index (χ4v) is 5.98. The molecule has 3 heterocycles. The fourth-order valence-electron chi connectivity index (χ4n) is 3.80. The number of hydrogen-bond acceptors (Lipinski definition) is 7. The first-order chi connectivity index (χ1) is 14.6. The number of carbonyl (C=O) groups is 1. The van der Waals surface area contributed by atoms with Crippen molar-refractivity contribution < 1.29 is 13.2 Å². The maximum atomic E-state index is 13.3. The van der Waals surface area contributed by atoms with Gasteiger partial charge >= 0.3 is 0 Å². The monoisotopic (exact) mass is 571 g/mol. The van der Waals surface area contributed by atoms with Gasteiger partial charge < -0.3 is 10.6 Å². The Hall–Kier alpha value is -1.95. The van der Waals surface area contributed by atoms with Gasteiger partial charge in [-0.25, -0.2) is 14.7 Å². The second-order valence-corrected chi connectivity index (χ2v) is 12.6. The standard InChI is InChI=1S/C22H30IN5O3S/c1-13-10-11-28(22(13,5)6)19-14(12-15(23)18(26-19)21(2,3)4)20(29)27-32(30,31)17-9-7-8-16(24)25-17/h7-9,12-13H,10-11H2,1-6H3,(H2,24,25)(H,27,29). The molecule has 0 spiro atoms. The molecule has 3 rings (SSSR count). The maximum absolute atomic E-state index is 13.3. The minimum atomic E-state index is -4.20. The summed E-state index contributed by atoms with van der Waals surface area (Å²) in [4.78, 5) is 24.2. The van der Waals surface area contributed by atoms with Crippen LogP contribution in [0.4, 0.5) is 11.6 Å². The second-order valence-electron chi connectivity index (χ2n) is 9.77. The highest BCUT2D eigenvalue weighted by Crippen LogP contribution is 2.40. The van der Waals surface area contributed by atoms with Gasteiger partial charge in [0.25, 0.3) is 15.9 Å². The number of aromatic nitrogens is 2. The van der Waals surface area contributed by atoms with Gasteiger partial charge in [-0.15, -0.1) is 0 Å². The third-order valence-corrected chi connectivity index (χ3v) is 8.16. The van der Waals surface area contributed by atoms with Crippen LogP contribution in [0.25, 0.3) is 0 Å². The van der Waals surface area contributed by atoms with Gasteiger partial charge in [-0.05, 0) is 67.0 Å². The molecule has 10 heteroatoms. The number of rotatable bonds is 4. The number of nitrogen functional groups attached to an aromatic ring is 1. The van der Waals surface area contributed by atoms with Gasteiger partial charge in [0.05, 0.1) is 11.3 Å².